The number of piperazine rings is 1. The summed E-state index contributed by atoms with van der Waals surface area (Å²) in [5, 5.41) is 0. The molecule has 2 heterocycles. The van der Waals surface area contributed by atoms with Gasteiger partial charge in [-0.1, -0.05) is 27.7 Å². The molecule has 19 heavy (non-hydrogen) atoms. The van der Waals surface area contributed by atoms with Gasteiger partial charge >= 0.3 is 0 Å². The maximum absolute atomic E-state index is 2.75. The highest BCUT2D eigenvalue weighted by atomic mass is 15.3. The van der Waals surface area contributed by atoms with Crippen molar-refractivity contribution in [2.24, 2.45) is 11.8 Å². The Morgan fingerprint density at radius 1 is 0.789 bits per heavy atom. The molecule has 3 heteroatoms. The molecular formula is C16H33N3. The van der Waals surface area contributed by atoms with Gasteiger partial charge in [-0.2, -0.15) is 0 Å². The molecule has 112 valence electrons. The Morgan fingerprint density at radius 2 is 1.37 bits per heavy atom. The maximum Gasteiger partial charge on any atom is 0.0236 e. The average Bonchev–Trinajstić information content (AvgIpc) is 2.76. The Morgan fingerprint density at radius 3 is 1.95 bits per heavy atom. The first-order valence-corrected chi connectivity index (χ1v) is 8.23. The van der Waals surface area contributed by atoms with Gasteiger partial charge in [-0.05, 0) is 24.8 Å². The van der Waals surface area contributed by atoms with Gasteiger partial charge in [0.25, 0.3) is 0 Å². The van der Waals surface area contributed by atoms with E-state index in [1.807, 2.05) is 0 Å². The first kappa shape index (κ1) is 15.3. The summed E-state index contributed by atoms with van der Waals surface area (Å²) in [5.41, 5.74) is 0. The van der Waals surface area contributed by atoms with Crippen LogP contribution in [0, 0.1) is 11.8 Å². The zero-order valence-electron chi connectivity index (χ0n) is 13.4. The highest BCUT2D eigenvalue weighted by Crippen LogP contribution is 2.18. The summed E-state index contributed by atoms with van der Waals surface area (Å²) in [6.07, 6.45) is 1.39. The molecule has 1 atom stereocenters. The third-order valence-corrected chi connectivity index (χ3v) is 4.42. The molecule has 2 saturated heterocycles. The van der Waals surface area contributed by atoms with Crippen LogP contribution in [0.3, 0.4) is 0 Å². The van der Waals surface area contributed by atoms with E-state index in [0.29, 0.717) is 0 Å². The second-order valence-electron chi connectivity index (χ2n) is 7.33. The van der Waals surface area contributed by atoms with Crippen molar-refractivity contribution in [3.05, 3.63) is 0 Å². The lowest BCUT2D eigenvalue weighted by Gasteiger charge is -2.38. The summed E-state index contributed by atoms with van der Waals surface area (Å²) < 4.78 is 0. The summed E-state index contributed by atoms with van der Waals surface area (Å²) in [7, 11) is 0. The average molecular weight is 267 g/mol. The number of nitrogens with zero attached hydrogens (tertiary/aromatic N) is 3. The Hall–Kier alpha value is -0.120. The van der Waals surface area contributed by atoms with Crippen LogP contribution in [0.1, 0.15) is 34.1 Å². The Bertz CT molecular complexity index is 257. The van der Waals surface area contributed by atoms with Crippen LogP contribution in [-0.2, 0) is 0 Å². The summed E-state index contributed by atoms with van der Waals surface area (Å²) in [6, 6.07) is 0.833. The summed E-state index contributed by atoms with van der Waals surface area (Å²) in [6.45, 7) is 19.6. The predicted molar refractivity (Wildman–Crippen MR) is 82.5 cm³/mol. The number of hydrogen-bond acceptors (Lipinski definition) is 3. The van der Waals surface area contributed by atoms with Crippen LogP contribution in [0.25, 0.3) is 0 Å². The van der Waals surface area contributed by atoms with Crippen LogP contribution in [0.4, 0.5) is 0 Å². The largest absolute Gasteiger partial charge is 0.301 e. The molecule has 2 fully saturated rings. The Labute approximate surface area is 119 Å². The van der Waals surface area contributed by atoms with Gasteiger partial charge in [0.05, 0.1) is 0 Å². The molecule has 0 aromatic carbocycles. The molecule has 0 amide bonds. The molecule has 0 spiro atoms. The summed E-state index contributed by atoms with van der Waals surface area (Å²) >= 11 is 0. The third-order valence-electron chi connectivity index (χ3n) is 4.42. The van der Waals surface area contributed by atoms with Gasteiger partial charge in [-0.3, -0.25) is 4.90 Å². The van der Waals surface area contributed by atoms with Crippen LogP contribution in [0.15, 0.2) is 0 Å². The van der Waals surface area contributed by atoms with Crippen LogP contribution < -0.4 is 0 Å². The Balaban J connectivity index is 1.70. The normalized spacial score (nSPS) is 27.8. The van der Waals surface area contributed by atoms with Gasteiger partial charge in [0.15, 0.2) is 0 Å². The molecular weight excluding hydrogens is 234 g/mol. The molecule has 0 bridgehead atoms. The number of hydrogen-bond donors (Lipinski definition) is 0. The topological polar surface area (TPSA) is 9.72 Å². The van der Waals surface area contributed by atoms with Crippen LogP contribution in [0.2, 0.25) is 0 Å². The van der Waals surface area contributed by atoms with E-state index in [2.05, 4.69) is 42.4 Å². The molecule has 2 rings (SSSR count). The van der Waals surface area contributed by atoms with Crippen molar-refractivity contribution >= 4 is 0 Å². The minimum Gasteiger partial charge on any atom is -0.301 e. The van der Waals surface area contributed by atoms with Gasteiger partial charge in [-0.25, -0.2) is 0 Å². The fourth-order valence-electron chi connectivity index (χ4n) is 3.62. The van der Waals surface area contributed by atoms with Crippen LogP contribution in [0.5, 0.6) is 0 Å². The minimum absolute atomic E-state index is 0.805. The van der Waals surface area contributed by atoms with Crippen molar-refractivity contribution in [2.45, 2.75) is 40.2 Å². The van der Waals surface area contributed by atoms with Gasteiger partial charge in [0.2, 0.25) is 0 Å². The van der Waals surface area contributed by atoms with Crippen molar-refractivity contribution in [2.75, 3.05) is 52.4 Å². The minimum atomic E-state index is 0.805. The van der Waals surface area contributed by atoms with E-state index < -0.39 is 0 Å². The van der Waals surface area contributed by atoms with Gasteiger partial charge in [-0.15, -0.1) is 0 Å². The molecule has 0 unspecified atom stereocenters. The van der Waals surface area contributed by atoms with Gasteiger partial charge < -0.3 is 9.80 Å². The van der Waals surface area contributed by atoms with E-state index >= 15 is 0 Å². The number of likely N-dealkylation sites (tertiary alicyclic amines) is 1. The quantitative estimate of drug-likeness (QED) is 0.754. The standard InChI is InChI=1S/C16H33N3/c1-14(2)11-17-7-9-19(10-8-17)16-5-6-18(13-16)12-15(3)4/h14-16H,5-13H2,1-4H3/t16-/m0/s1. The van der Waals surface area contributed by atoms with Crippen molar-refractivity contribution in [1.29, 1.82) is 0 Å². The molecule has 0 radical (unpaired) electrons. The van der Waals surface area contributed by atoms with Crippen molar-refractivity contribution < 1.29 is 0 Å². The molecule has 2 aliphatic rings. The Kier molecular flexibility index (Phi) is 5.67. The zero-order valence-corrected chi connectivity index (χ0v) is 13.4. The lowest BCUT2D eigenvalue weighted by molar-refractivity contribution is 0.0901. The van der Waals surface area contributed by atoms with Gasteiger partial charge in [0, 0.05) is 51.9 Å². The molecule has 0 aromatic heterocycles. The zero-order chi connectivity index (χ0) is 13.8. The van der Waals surface area contributed by atoms with E-state index in [1.165, 1.54) is 58.8 Å². The van der Waals surface area contributed by atoms with Crippen LogP contribution >= 0.6 is 0 Å². The van der Waals surface area contributed by atoms with E-state index in [-0.39, 0.29) is 0 Å². The van der Waals surface area contributed by atoms with E-state index in [1.54, 1.807) is 0 Å². The molecule has 0 saturated carbocycles. The van der Waals surface area contributed by atoms with Crippen LogP contribution in [-0.4, -0.2) is 73.1 Å². The first-order chi connectivity index (χ1) is 9.04. The van der Waals surface area contributed by atoms with Gasteiger partial charge in [0.1, 0.15) is 0 Å². The molecule has 0 aliphatic carbocycles. The third kappa shape index (κ3) is 4.73. The molecule has 0 aromatic rings. The van der Waals surface area contributed by atoms with E-state index in [4.69, 9.17) is 0 Å². The highest BCUT2D eigenvalue weighted by molar-refractivity contribution is 4.86. The molecule has 3 nitrogen and oxygen atoms in total. The SMILES string of the molecule is CC(C)CN1CCN([C@H]2CCN(CC(C)C)C2)CC1. The van der Waals surface area contributed by atoms with Crippen molar-refractivity contribution in [3.63, 3.8) is 0 Å². The maximum atomic E-state index is 2.75. The predicted octanol–water partition coefficient (Wildman–Crippen LogP) is 1.99. The number of rotatable bonds is 5. The van der Waals surface area contributed by atoms with E-state index in [0.717, 1.165) is 17.9 Å². The second-order valence-corrected chi connectivity index (χ2v) is 7.33. The first-order valence-electron chi connectivity index (χ1n) is 8.23. The van der Waals surface area contributed by atoms with E-state index in [9.17, 15) is 0 Å². The lowest BCUT2D eigenvalue weighted by Crippen LogP contribution is -2.51. The molecule has 2 aliphatic heterocycles. The molecule has 0 N–H and O–H groups in total. The van der Waals surface area contributed by atoms with Crippen molar-refractivity contribution in [3.8, 4) is 0 Å². The highest BCUT2D eigenvalue weighted by Gasteiger charge is 2.29. The second kappa shape index (κ2) is 7.05. The smallest absolute Gasteiger partial charge is 0.0236 e. The summed E-state index contributed by atoms with van der Waals surface area (Å²) in [5.74, 6) is 1.61. The fraction of sp³-hybridized carbons (Fsp3) is 1.00. The fourth-order valence-corrected chi connectivity index (χ4v) is 3.62. The lowest BCUT2D eigenvalue weighted by atomic mass is 10.1. The summed E-state index contributed by atoms with van der Waals surface area (Å²) in [4.78, 5) is 8.05. The monoisotopic (exact) mass is 267 g/mol. The van der Waals surface area contributed by atoms with Crippen molar-refractivity contribution in [1.82, 2.24) is 14.7 Å².